The monoisotopic (exact) mass is 565 g/mol. The summed E-state index contributed by atoms with van der Waals surface area (Å²) < 4.78 is 30.3. The Kier molecular flexibility index (Phi) is 7.13. The summed E-state index contributed by atoms with van der Waals surface area (Å²) in [5.74, 6) is -2.63. The fraction of sp³-hybridized carbons (Fsp3) is 0.148. The van der Waals surface area contributed by atoms with Gasteiger partial charge < -0.3 is 24.8 Å². The second kappa shape index (κ2) is 10.7. The molecule has 1 aliphatic rings. The van der Waals surface area contributed by atoms with E-state index in [4.69, 9.17) is 12.2 Å². The Hall–Kier alpha value is -4.91. The number of halogens is 2. The summed E-state index contributed by atoms with van der Waals surface area (Å²) in [6.45, 7) is 1.66. The van der Waals surface area contributed by atoms with Crippen molar-refractivity contribution < 1.29 is 23.6 Å². The molecule has 40 heavy (non-hydrogen) atoms. The highest BCUT2D eigenvalue weighted by Crippen LogP contribution is 2.28. The van der Waals surface area contributed by atoms with E-state index in [0.717, 1.165) is 12.3 Å². The number of nitro benzene ring substituents is 1. The third kappa shape index (κ3) is 5.18. The minimum Gasteiger partial charge on any atom is -0.477 e. The molecule has 204 valence electrons. The van der Waals surface area contributed by atoms with Gasteiger partial charge in [-0.1, -0.05) is 0 Å². The van der Waals surface area contributed by atoms with Gasteiger partial charge >= 0.3 is 5.97 Å². The minimum atomic E-state index is -1.46. The van der Waals surface area contributed by atoms with Crippen molar-refractivity contribution in [3.63, 3.8) is 0 Å². The maximum Gasteiger partial charge on any atom is 0.341 e. The number of aromatic carboxylic acids is 1. The number of benzene rings is 3. The van der Waals surface area contributed by atoms with Crippen molar-refractivity contribution >= 4 is 51.3 Å². The van der Waals surface area contributed by atoms with Crippen molar-refractivity contribution in [3.8, 4) is 5.69 Å². The Morgan fingerprint density at radius 3 is 2.25 bits per heavy atom. The van der Waals surface area contributed by atoms with Crippen LogP contribution in [0.1, 0.15) is 10.4 Å². The van der Waals surface area contributed by atoms with E-state index in [1.807, 2.05) is 4.90 Å². The summed E-state index contributed by atoms with van der Waals surface area (Å²) in [7, 11) is 0. The summed E-state index contributed by atoms with van der Waals surface area (Å²) in [5.41, 5.74) is 0.101. The summed E-state index contributed by atoms with van der Waals surface area (Å²) in [6.07, 6.45) is 1.15. The number of nitrogens with one attached hydrogen (secondary N) is 1. The number of thiocarbonyl (C=S) groups is 1. The molecule has 0 spiro atoms. The van der Waals surface area contributed by atoms with Gasteiger partial charge in [0.25, 0.3) is 5.69 Å². The normalized spacial score (nSPS) is 13.3. The first-order valence-electron chi connectivity index (χ1n) is 12.1. The van der Waals surface area contributed by atoms with Crippen LogP contribution in [0.3, 0.4) is 0 Å². The van der Waals surface area contributed by atoms with Gasteiger partial charge in [-0.2, -0.15) is 0 Å². The van der Waals surface area contributed by atoms with Crippen LogP contribution in [-0.2, 0) is 0 Å². The number of piperazine rings is 1. The van der Waals surface area contributed by atoms with Crippen LogP contribution < -0.4 is 15.6 Å². The van der Waals surface area contributed by atoms with Crippen LogP contribution in [0.25, 0.3) is 16.6 Å². The molecule has 0 aliphatic carbocycles. The Morgan fingerprint density at radius 1 is 1.00 bits per heavy atom. The minimum absolute atomic E-state index is 0.0356. The second-order valence-corrected chi connectivity index (χ2v) is 9.44. The Bertz CT molecular complexity index is 1700. The van der Waals surface area contributed by atoms with Gasteiger partial charge in [-0.3, -0.25) is 14.9 Å². The van der Waals surface area contributed by atoms with E-state index in [0.29, 0.717) is 42.7 Å². The SMILES string of the molecule is O=C(O)c1cn(-c2ccc(F)cc2)c2cc(N3CCN(C(=S)Nc4ccc([N+](=O)[O-])cc4)CC3)c(F)cc2c1=O. The number of carboxylic acids is 1. The highest BCUT2D eigenvalue weighted by Gasteiger charge is 2.24. The predicted octanol–water partition coefficient (Wildman–Crippen LogP) is 4.39. The van der Waals surface area contributed by atoms with Crippen molar-refractivity contribution in [1.29, 1.82) is 0 Å². The molecule has 1 saturated heterocycles. The number of carbonyl (C=O) groups is 1. The van der Waals surface area contributed by atoms with Crippen LogP contribution in [0.4, 0.5) is 25.8 Å². The maximum atomic E-state index is 15.4. The molecule has 2 heterocycles. The number of anilines is 2. The number of hydrogen-bond acceptors (Lipinski definition) is 6. The van der Waals surface area contributed by atoms with Crippen molar-refractivity contribution in [2.75, 3.05) is 36.4 Å². The van der Waals surface area contributed by atoms with Crippen LogP contribution in [-0.4, -0.2) is 56.8 Å². The number of nitrogens with zero attached hydrogens (tertiary/aromatic N) is 4. The van der Waals surface area contributed by atoms with E-state index in [1.54, 1.807) is 17.0 Å². The first-order valence-corrected chi connectivity index (χ1v) is 12.5. The zero-order valence-corrected chi connectivity index (χ0v) is 21.5. The molecule has 0 atom stereocenters. The molecule has 0 unspecified atom stereocenters. The van der Waals surface area contributed by atoms with Gasteiger partial charge in [0.1, 0.15) is 17.2 Å². The molecular formula is C27H21F2N5O5S. The summed E-state index contributed by atoms with van der Waals surface area (Å²) >= 11 is 5.49. The lowest BCUT2D eigenvalue weighted by molar-refractivity contribution is -0.384. The number of nitro groups is 1. The van der Waals surface area contributed by atoms with E-state index in [-0.39, 0.29) is 22.3 Å². The lowest BCUT2D eigenvalue weighted by Crippen LogP contribution is -2.50. The smallest absolute Gasteiger partial charge is 0.341 e. The van der Waals surface area contributed by atoms with Crippen LogP contribution >= 0.6 is 12.2 Å². The van der Waals surface area contributed by atoms with Crippen molar-refractivity contribution in [3.05, 3.63) is 104 Å². The Labute approximate surface area is 230 Å². The number of carboxylic acid groups (broad SMARTS) is 1. The van der Waals surface area contributed by atoms with E-state index in [2.05, 4.69) is 5.32 Å². The zero-order valence-electron chi connectivity index (χ0n) is 20.7. The second-order valence-electron chi connectivity index (χ2n) is 9.05. The van der Waals surface area contributed by atoms with Gasteiger partial charge in [0.05, 0.1) is 16.1 Å². The van der Waals surface area contributed by atoms with Gasteiger partial charge in [-0.15, -0.1) is 0 Å². The molecule has 3 aromatic carbocycles. The van der Waals surface area contributed by atoms with Crippen molar-refractivity contribution in [2.45, 2.75) is 0 Å². The molecule has 1 fully saturated rings. The largest absolute Gasteiger partial charge is 0.477 e. The quantitative estimate of drug-likeness (QED) is 0.206. The van der Waals surface area contributed by atoms with Gasteiger partial charge in [0.15, 0.2) is 5.11 Å². The molecule has 1 aliphatic heterocycles. The molecule has 5 rings (SSSR count). The first kappa shape index (κ1) is 26.7. The molecule has 13 heteroatoms. The molecular weight excluding hydrogens is 544 g/mol. The van der Waals surface area contributed by atoms with Crippen molar-refractivity contribution in [1.82, 2.24) is 9.47 Å². The highest BCUT2D eigenvalue weighted by atomic mass is 32.1. The number of aromatic nitrogens is 1. The summed E-state index contributed by atoms with van der Waals surface area (Å²) in [6, 6.07) is 13.7. The molecule has 0 bridgehead atoms. The molecule has 4 aromatic rings. The van der Waals surface area contributed by atoms with Crippen molar-refractivity contribution in [2.24, 2.45) is 0 Å². The molecule has 0 saturated carbocycles. The standard InChI is InChI=1S/C27H21F2N5O5S/c28-16-1-5-18(6-2-16)33-15-21(26(36)37)25(35)20-13-22(29)24(14-23(20)33)31-9-11-32(12-10-31)27(40)30-17-3-7-19(8-4-17)34(38)39/h1-8,13-15H,9-12H2,(H,30,40)(H,36,37). The van der Waals surface area contributed by atoms with E-state index in [9.17, 15) is 29.2 Å². The fourth-order valence-electron chi connectivity index (χ4n) is 4.56. The fourth-order valence-corrected chi connectivity index (χ4v) is 4.86. The van der Waals surface area contributed by atoms with Crippen LogP contribution in [0.2, 0.25) is 0 Å². The number of fused-ring (bicyclic) bond motifs is 1. The average Bonchev–Trinajstić information content (AvgIpc) is 2.94. The summed E-state index contributed by atoms with van der Waals surface area (Å²) in [4.78, 5) is 38.6. The van der Waals surface area contributed by atoms with Crippen LogP contribution in [0.5, 0.6) is 0 Å². The average molecular weight is 566 g/mol. The highest BCUT2D eigenvalue weighted by molar-refractivity contribution is 7.80. The van der Waals surface area contributed by atoms with Gasteiger partial charge in [-0.05, 0) is 60.7 Å². The Balaban J connectivity index is 1.41. The predicted molar refractivity (Wildman–Crippen MR) is 150 cm³/mol. The zero-order chi connectivity index (χ0) is 28.6. The van der Waals surface area contributed by atoms with Crippen LogP contribution in [0.15, 0.2) is 71.7 Å². The molecule has 0 amide bonds. The van der Waals surface area contributed by atoms with Gasteiger partial charge in [0.2, 0.25) is 5.43 Å². The molecule has 0 radical (unpaired) electrons. The first-order chi connectivity index (χ1) is 19.1. The maximum absolute atomic E-state index is 15.4. The van der Waals surface area contributed by atoms with E-state index >= 15 is 4.39 Å². The molecule has 1 aromatic heterocycles. The third-order valence-electron chi connectivity index (χ3n) is 6.64. The van der Waals surface area contributed by atoms with Gasteiger partial charge in [-0.25, -0.2) is 13.6 Å². The van der Waals surface area contributed by atoms with Crippen LogP contribution in [0, 0.1) is 21.7 Å². The third-order valence-corrected chi connectivity index (χ3v) is 7.00. The lowest BCUT2D eigenvalue weighted by Gasteiger charge is -2.37. The van der Waals surface area contributed by atoms with E-state index in [1.165, 1.54) is 47.0 Å². The Morgan fingerprint density at radius 2 is 1.65 bits per heavy atom. The molecule has 2 N–H and O–H groups in total. The molecule has 10 nitrogen and oxygen atoms in total. The summed E-state index contributed by atoms with van der Waals surface area (Å²) in [5, 5.41) is 23.7. The van der Waals surface area contributed by atoms with Gasteiger partial charge in [0, 0.05) is 61.3 Å². The number of rotatable bonds is 5. The number of hydrogen-bond donors (Lipinski definition) is 2. The topological polar surface area (TPSA) is 121 Å². The lowest BCUT2D eigenvalue weighted by atomic mass is 10.1. The van der Waals surface area contributed by atoms with E-state index < -0.39 is 33.5 Å². The number of pyridine rings is 1. The number of non-ortho nitro benzene ring substituents is 1.